The first-order valence-corrected chi connectivity index (χ1v) is 9.42. The van der Waals surface area contributed by atoms with E-state index in [1.807, 2.05) is 78.3 Å². The zero-order chi connectivity index (χ0) is 19.4. The third kappa shape index (κ3) is 4.27. The van der Waals surface area contributed by atoms with E-state index >= 15 is 0 Å². The van der Waals surface area contributed by atoms with E-state index in [0.717, 1.165) is 23.4 Å². The van der Waals surface area contributed by atoms with Crippen LogP contribution in [0.2, 0.25) is 0 Å². The number of hydrogen-bond acceptors (Lipinski definition) is 2. The fourth-order valence-corrected chi connectivity index (χ4v) is 3.07. The summed E-state index contributed by atoms with van der Waals surface area (Å²) in [6, 6.07) is 21.8. The molecule has 1 amide bonds. The highest BCUT2D eigenvalue weighted by atomic mass is 16.2. The van der Waals surface area contributed by atoms with Crippen LogP contribution in [0.1, 0.15) is 51.3 Å². The zero-order valence-corrected chi connectivity index (χ0v) is 16.4. The molecule has 0 saturated carbocycles. The van der Waals surface area contributed by atoms with Crippen LogP contribution in [0.25, 0.3) is 5.69 Å². The molecule has 0 fully saturated rings. The molecular weight excluding hydrogens is 334 g/mol. The minimum atomic E-state index is -0.191. The molecule has 0 aliphatic heterocycles. The Morgan fingerprint density at radius 2 is 1.63 bits per heavy atom. The molecule has 0 radical (unpaired) electrons. The lowest BCUT2D eigenvalue weighted by Crippen LogP contribution is -2.22. The van der Waals surface area contributed by atoms with Crippen molar-refractivity contribution in [3.05, 3.63) is 78.0 Å². The second-order valence-corrected chi connectivity index (χ2v) is 7.77. The van der Waals surface area contributed by atoms with Crippen molar-refractivity contribution in [3.8, 4) is 5.69 Å². The van der Waals surface area contributed by atoms with Crippen LogP contribution in [-0.2, 0) is 10.2 Å². The maximum absolute atomic E-state index is 13.0. The molecule has 0 bridgehead atoms. The third-order valence-corrected chi connectivity index (χ3v) is 4.66. The monoisotopic (exact) mass is 361 g/mol. The highest BCUT2D eigenvalue weighted by molar-refractivity contribution is 5.95. The minimum absolute atomic E-state index is 0.0127. The number of nitrogens with one attached hydrogen (secondary N) is 1. The first kappa shape index (κ1) is 18.9. The van der Waals surface area contributed by atoms with Crippen LogP contribution in [0.5, 0.6) is 0 Å². The van der Waals surface area contributed by atoms with Gasteiger partial charge in [0.25, 0.3) is 0 Å². The average Bonchev–Trinajstić information content (AvgIpc) is 3.08. The molecule has 0 aliphatic carbocycles. The average molecular weight is 361 g/mol. The van der Waals surface area contributed by atoms with Gasteiger partial charge in [-0.25, -0.2) is 4.68 Å². The van der Waals surface area contributed by atoms with E-state index in [4.69, 9.17) is 5.10 Å². The van der Waals surface area contributed by atoms with Gasteiger partial charge in [0.15, 0.2) is 0 Å². The quantitative estimate of drug-likeness (QED) is 0.670. The van der Waals surface area contributed by atoms with Gasteiger partial charge in [-0.05, 0) is 24.1 Å². The first-order chi connectivity index (χ1) is 12.9. The van der Waals surface area contributed by atoms with Gasteiger partial charge in [0.2, 0.25) is 5.91 Å². The van der Waals surface area contributed by atoms with Crippen LogP contribution >= 0.6 is 0 Å². The Morgan fingerprint density at radius 1 is 1.04 bits per heavy atom. The highest BCUT2D eigenvalue weighted by Crippen LogP contribution is 2.28. The fourth-order valence-electron chi connectivity index (χ4n) is 3.07. The third-order valence-electron chi connectivity index (χ3n) is 4.66. The lowest BCUT2D eigenvalue weighted by Gasteiger charge is -2.16. The van der Waals surface area contributed by atoms with Gasteiger partial charge in [-0.2, -0.15) is 5.10 Å². The Kier molecular flexibility index (Phi) is 5.45. The number of anilines is 1. The predicted octanol–water partition coefficient (Wildman–Crippen LogP) is 5.30. The Labute approximate surface area is 161 Å². The number of rotatable bonds is 5. The fraction of sp³-hybridized carbons (Fsp3) is 0.304. The Balaban J connectivity index is 1.96. The Hall–Kier alpha value is -2.88. The van der Waals surface area contributed by atoms with Crippen LogP contribution in [0.3, 0.4) is 0 Å². The van der Waals surface area contributed by atoms with E-state index < -0.39 is 0 Å². The van der Waals surface area contributed by atoms with Crippen LogP contribution < -0.4 is 5.32 Å². The molecule has 0 saturated heterocycles. The van der Waals surface area contributed by atoms with E-state index in [0.29, 0.717) is 5.82 Å². The molecule has 1 heterocycles. The number of carbonyl (C=O) groups is 1. The summed E-state index contributed by atoms with van der Waals surface area (Å²) in [5, 5.41) is 7.88. The number of nitrogens with zero attached hydrogens (tertiary/aromatic N) is 2. The molecule has 140 valence electrons. The molecular formula is C23H27N3O. The summed E-state index contributed by atoms with van der Waals surface area (Å²) in [6.07, 6.45) is 0.738. The van der Waals surface area contributed by atoms with Gasteiger partial charge in [0, 0.05) is 11.5 Å². The maximum atomic E-state index is 13.0. The summed E-state index contributed by atoms with van der Waals surface area (Å²) in [7, 11) is 0. The predicted molar refractivity (Wildman–Crippen MR) is 110 cm³/mol. The van der Waals surface area contributed by atoms with Gasteiger partial charge in [-0.1, -0.05) is 76.2 Å². The van der Waals surface area contributed by atoms with Gasteiger partial charge >= 0.3 is 0 Å². The largest absolute Gasteiger partial charge is 0.310 e. The summed E-state index contributed by atoms with van der Waals surface area (Å²) in [4.78, 5) is 13.0. The summed E-state index contributed by atoms with van der Waals surface area (Å²) in [5.74, 6) is 0.496. The van der Waals surface area contributed by atoms with Crippen molar-refractivity contribution in [2.24, 2.45) is 0 Å². The number of carbonyl (C=O) groups excluding carboxylic acids is 1. The summed E-state index contributed by atoms with van der Waals surface area (Å²) < 4.78 is 1.82. The summed E-state index contributed by atoms with van der Waals surface area (Å²) >= 11 is 0. The van der Waals surface area contributed by atoms with Crippen molar-refractivity contribution in [1.29, 1.82) is 0 Å². The van der Waals surface area contributed by atoms with E-state index in [2.05, 4.69) is 26.1 Å². The van der Waals surface area contributed by atoms with Gasteiger partial charge < -0.3 is 5.32 Å². The topological polar surface area (TPSA) is 46.9 Å². The van der Waals surface area contributed by atoms with Crippen molar-refractivity contribution in [2.45, 2.75) is 45.4 Å². The number of amides is 1. The first-order valence-electron chi connectivity index (χ1n) is 9.42. The van der Waals surface area contributed by atoms with E-state index in [1.54, 1.807) is 0 Å². The van der Waals surface area contributed by atoms with E-state index in [9.17, 15) is 4.79 Å². The second kappa shape index (κ2) is 7.78. The van der Waals surface area contributed by atoms with Crippen molar-refractivity contribution >= 4 is 11.7 Å². The molecule has 1 aromatic heterocycles. The molecule has 0 spiro atoms. The molecule has 0 aliphatic rings. The van der Waals surface area contributed by atoms with Crippen LogP contribution in [-0.4, -0.2) is 15.7 Å². The highest BCUT2D eigenvalue weighted by Gasteiger charge is 2.24. The number of benzene rings is 2. The normalized spacial score (nSPS) is 12.6. The van der Waals surface area contributed by atoms with Crippen molar-refractivity contribution in [2.75, 3.05) is 5.32 Å². The second-order valence-electron chi connectivity index (χ2n) is 7.77. The number of hydrogen-bond donors (Lipinski definition) is 1. The lowest BCUT2D eigenvalue weighted by atomic mass is 9.92. The summed E-state index contributed by atoms with van der Waals surface area (Å²) in [6.45, 7) is 8.39. The van der Waals surface area contributed by atoms with E-state index in [1.165, 1.54) is 0 Å². The molecule has 27 heavy (non-hydrogen) atoms. The maximum Gasteiger partial charge on any atom is 0.233 e. The standard InChI is InChI=1S/C23H27N3O/c1-5-19(17-12-8-6-9-13-17)22(27)24-21-16-20(23(2,3)4)25-26(21)18-14-10-7-11-15-18/h6-16,19H,5H2,1-4H3,(H,24,27)/t19-/m1/s1. The van der Waals surface area contributed by atoms with Crippen LogP contribution in [0, 0.1) is 0 Å². The smallest absolute Gasteiger partial charge is 0.233 e. The van der Waals surface area contributed by atoms with Gasteiger partial charge in [-0.3, -0.25) is 4.79 Å². The van der Waals surface area contributed by atoms with Gasteiger partial charge in [-0.15, -0.1) is 0 Å². The molecule has 3 rings (SSSR count). The minimum Gasteiger partial charge on any atom is -0.310 e. The zero-order valence-electron chi connectivity index (χ0n) is 16.4. The van der Waals surface area contributed by atoms with Crippen molar-refractivity contribution in [1.82, 2.24) is 9.78 Å². The van der Waals surface area contributed by atoms with E-state index in [-0.39, 0.29) is 17.2 Å². The molecule has 2 aromatic carbocycles. The molecule has 3 aromatic rings. The molecule has 1 atom stereocenters. The Bertz CT molecular complexity index is 892. The number of para-hydroxylation sites is 1. The lowest BCUT2D eigenvalue weighted by molar-refractivity contribution is -0.117. The number of aromatic nitrogens is 2. The van der Waals surface area contributed by atoms with Crippen LogP contribution in [0.4, 0.5) is 5.82 Å². The van der Waals surface area contributed by atoms with Crippen molar-refractivity contribution in [3.63, 3.8) is 0 Å². The SMILES string of the molecule is CC[C@@H](C(=O)Nc1cc(C(C)(C)C)nn1-c1ccccc1)c1ccccc1. The molecule has 1 N–H and O–H groups in total. The summed E-state index contributed by atoms with van der Waals surface area (Å²) in [5.41, 5.74) is 2.79. The molecule has 0 unspecified atom stereocenters. The molecule has 4 heteroatoms. The van der Waals surface area contributed by atoms with Gasteiger partial charge in [0.1, 0.15) is 5.82 Å². The van der Waals surface area contributed by atoms with Crippen LogP contribution in [0.15, 0.2) is 66.7 Å². The molecule has 4 nitrogen and oxygen atoms in total. The Morgan fingerprint density at radius 3 is 2.19 bits per heavy atom. The van der Waals surface area contributed by atoms with Gasteiger partial charge in [0.05, 0.1) is 17.3 Å². The van der Waals surface area contributed by atoms with Crippen molar-refractivity contribution < 1.29 is 4.79 Å².